The minimum absolute atomic E-state index is 0.296. The molecule has 0 spiro atoms. The van der Waals surface area contributed by atoms with Gasteiger partial charge in [-0.05, 0) is 33.3 Å². The Morgan fingerprint density at radius 1 is 1.36 bits per heavy atom. The van der Waals surface area contributed by atoms with Crippen molar-refractivity contribution in [3.63, 3.8) is 0 Å². The van der Waals surface area contributed by atoms with Gasteiger partial charge in [0.05, 0.1) is 24.4 Å². The molecule has 0 atom stereocenters. The summed E-state index contributed by atoms with van der Waals surface area (Å²) in [5.74, 6) is -0.399. The van der Waals surface area contributed by atoms with Gasteiger partial charge in [0.2, 0.25) is 0 Å². The predicted molar refractivity (Wildman–Crippen MR) is 85.5 cm³/mol. The van der Waals surface area contributed by atoms with E-state index >= 15 is 0 Å². The fraction of sp³-hybridized carbons (Fsp3) is 0.600. The van der Waals surface area contributed by atoms with Crippen molar-refractivity contribution >= 4 is 28.3 Å². The molecule has 0 fully saturated rings. The van der Waals surface area contributed by atoms with Gasteiger partial charge in [-0.3, -0.25) is 5.32 Å². The van der Waals surface area contributed by atoms with Crippen LogP contribution < -0.4 is 10.6 Å². The largest absolute Gasteiger partial charge is 0.462 e. The van der Waals surface area contributed by atoms with Crippen LogP contribution in [-0.4, -0.2) is 30.8 Å². The lowest BCUT2D eigenvalue weighted by molar-refractivity contribution is -0.0384. The van der Waals surface area contributed by atoms with Gasteiger partial charge in [0.25, 0.3) is 0 Å². The molecule has 2 N–H and O–H groups in total. The molecule has 22 heavy (non-hydrogen) atoms. The van der Waals surface area contributed by atoms with Gasteiger partial charge in [0, 0.05) is 17.8 Å². The van der Waals surface area contributed by atoms with Crippen molar-refractivity contribution in [1.82, 2.24) is 5.32 Å². The van der Waals surface area contributed by atoms with Crippen molar-refractivity contribution in [2.24, 2.45) is 0 Å². The van der Waals surface area contributed by atoms with Crippen molar-refractivity contribution in [3.8, 4) is 0 Å². The fourth-order valence-electron chi connectivity index (χ4n) is 2.37. The number of carbonyl (C=O) groups excluding carboxylic acids is 2. The van der Waals surface area contributed by atoms with Crippen LogP contribution >= 0.6 is 11.3 Å². The van der Waals surface area contributed by atoms with Gasteiger partial charge in [-0.2, -0.15) is 0 Å². The van der Waals surface area contributed by atoms with E-state index in [0.29, 0.717) is 36.7 Å². The van der Waals surface area contributed by atoms with Crippen molar-refractivity contribution in [2.75, 3.05) is 18.5 Å². The Morgan fingerprint density at radius 2 is 2.09 bits per heavy atom. The van der Waals surface area contributed by atoms with Gasteiger partial charge in [-0.1, -0.05) is 0 Å². The van der Waals surface area contributed by atoms with Crippen LogP contribution in [0.4, 0.5) is 9.80 Å². The molecular weight excluding hydrogens is 304 g/mol. The summed E-state index contributed by atoms with van der Waals surface area (Å²) in [4.78, 5) is 25.1. The monoisotopic (exact) mass is 326 g/mol. The van der Waals surface area contributed by atoms with Crippen molar-refractivity contribution in [2.45, 2.75) is 46.3 Å². The molecule has 0 saturated carbocycles. The molecule has 0 bridgehead atoms. The summed E-state index contributed by atoms with van der Waals surface area (Å²) in [7, 11) is 0. The van der Waals surface area contributed by atoms with Crippen LogP contribution in [0.1, 0.15) is 48.5 Å². The summed E-state index contributed by atoms with van der Waals surface area (Å²) >= 11 is 1.37. The summed E-state index contributed by atoms with van der Waals surface area (Å²) in [6, 6.07) is -0.327. The molecule has 0 aliphatic carbocycles. The summed E-state index contributed by atoms with van der Waals surface area (Å²) in [6.45, 7) is 8.82. The SMILES string of the molecule is CCNC(=O)Nc1sc2c(c1C(=O)OCC)CC(C)(C)OC2. The Hall–Kier alpha value is -1.60. The molecule has 7 heteroatoms. The number of thiophene rings is 1. The first-order valence-electron chi connectivity index (χ1n) is 7.38. The van der Waals surface area contributed by atoms with E-state index in [9.17, 15) is 9.59 Å². The van der Waals surface area contributed by atoms with Gasteiger partial charge in [-0.15, -0.1) is 11.3 Å². The number of ether oxygens (including phenoxy) is 2. The van der Waals surface area contributed by atoms with Gasteiger partial charge >= 0.3 is 12.0 Å². The molecule has 0 unspecified atom stereocenters. The van der Waals surface area contributed by atoms with E-state index in [4.69, 9.17) is 9.47 Å². The molecule has 122 valence electrons. The Kier molecular flexibility index (Phi) is 5.08. The van der Waals surface area contributed by atoms with E-state index < -0.39 is 5.97 Å². The molecule has 0 saturated heterocycles. The number of fused-ring (bicyclic) bond motifs is 1. The van der Waals surface area contributed by atoms with Gasteiger partial charge in [0.15, 0.2) is 0 Å². The molecule has 6 nitrogen and oxygen atoms in total. The summed E-state index contributed by atoms with van der Waals surface area (Å²) in [5, 5.41) is 5.93. The maximum Gasteiger partial charge on any atom is 0.341 e. The Morgan fingerprint density at radius 3 is 2.73 bits per heavy atom. The van der Waals surface area contributed by atoms with E-state index in [2.05, 4.69) is 10.6 Å². The van der Waals surface area contributed by atoms with Crippen LogP contribution in [0, 0.1) is 0 Å². The lowest BCUT2D eigenvalue weighted by Crippen LogP contribution is -2.32. The van der Waals surface area contributed by atoms with E-state index in [0.717, 1.165) is 10.4 Å². The highest BCUT2D eigenvalue weighted by atomic mass is 32.1. The number of hydrogen-bond donors (Lipinski definition) is 2. The number of nitrogens with one attached hydrogen (secondary N) is 2. The lowest BCUT2D eigenvalue weighted by atomic mass is 9.93. The quantitative estimate of drug-likeness (QED) is 0.834. The van der Waals surface area contributed by atoms with E-state index in [1.807, 2.05) is 20.8 Å². The number of urea groups is 1. The average molecular weight is 326 g/mol. The minimum atomic E-state index is -0.399. The zero-order valence-electron chi connectivity index (χ0n) is 13.4. The van der Waals surface area contributed by atoms with Crippen LogP contribution in [-0.2, 0) is 22.5 Å². The van der Waals surface area contributed by atoms with Crippen LogP contribution in [0.15, 0.2) is 0 Å². The molecule has 2 heterocycles. The van der Waals surface area contributed by atoms with Crippen molar-refractivity contribution in [1.29, 1.82) is 0 Å². The number of rotatable bonds is 4. The second kappa shape index (κ2) is 6.66. The van der Waals surface area contributed by atoms with E-state index in [-0.39, 0.29) is 11.6 Å². The van der Waals surface area contributed by atoms with Crippen LogP contribution in [0.5, 0.6) is 0 Å². The zero-order valence-corrected chi connectivity index (χ0v) is 14.2. The highest BCUT2D eigenvalue weighted by Crippen LogP contribution is 2.40. The predicted octanol–water partition coefficient (Wildman–Crippen LogP) is 2.92. The number of hydrogen-bond acceptors (Lipinski definition) is 5. The number of esters is 1. The van der Waals surface area contributed by atoms with Gasteiger partial charge < -0.3 is 14.8 Å². The minimum Gasteiger partial charge on any atom is -0.462 e. The normalized spacial score (nSPS) is 15.8. The number of amides is 2. The van der Waals surface area contributed by atoms with Crippen LogP contribution in [0.3, 0.4) is 0 Å². The van der Waals surface area contributed by atoms with Gasteiger partial charge in [0.1, 0.15) is 5.00 Å². The number of carbonyl (C=O) groups is 2. The summed E-state index contributed by atoms with van der Waals surface area (Å²) in [6.07, 6.45) is 0.615. The summed E-state index contributed by atoms with van der Waals surface area (Å²) in [5.41, 5.74) is 1.05. The Balaban J connectivity index is 2.38. The third kappa shape index (κ3) is 3.59. The average Bonchev–Trinajstić information content (AvgIpc) is 2.75. The number of anilines is 1. The van der Waals surface area contributed by atoms with Gasteiger partial charge in [-0.25, -0.2) is 9.59 Å². The topological polar surface area (TPSA) is 76.7 Å². The standard InChI is InChI=1S/C15H22N2O4S/c1-5-16-14(19)17-12-11(13(18)20-6-2)9-7-15(3,4)21-8-10(9)22-12/h5-8H2,1-4H3,(H2,16,17,19). The molecule has 1 aromatic rings. The highest BCUT2D eigenvalue weighted by Gasteiger charge is 2.34. The third-order valence-electron chi connectivity index (χ3n) is 3.33. The maximum absolute atomic E-state index is 12.3. The lowest BCUT2D eigenvalue weighted by Gasteiger charge is -2.30. The highest BCUT2D eigenvalue weighted by molar-refractivity contribution is 7.17. The molecule has 1 aliphatic heterocycles. The van der Waals surface area contributed by atoms with E-state index in [1.54, 1.807) is 6.92 Å². The third-order valence-corrected chi connectivity index (χ3v) is 4.45. The Labute approximate surface area is 134 Å². The molecule has 2 amide bonds. The first-order chi connectivity index (χ1) is 10.4. The molecule has 2 rings (SSSR count). The first-order valence-corrected chi connectivity index (χ1v) is 8.20. The zero-order chi connectivity index (χ0) is 16.3. The van der Waals surface area contributed by atoms with Crippen LogP contribution in [0.25, 0.3) is 0 Å². The van der Waals surface area contributed by atoms with Crippen LogP contribution in [0.2, 0.25) is 0 Å². The smallest absolute Gasteiger partial charge is 0.341 e. The molecule has 0 radical (unpaired) electrons. The fourth-order valence-corrected chi connectivity index (χ4v) is 3.48. The molecule has 0 aromatic carbocycles. The van der Waals surface area contributed by atoms with E-state index in [1.165, 1.54) is 11.3 Å². The molecule has 1 aliphatic rings. The van der Waals surface area contributed by atoms with Crippen molar-refractivity contribution < 1.29 is 19.1 Å². The second-order valence-corrected chi connectivity index (χ2v) is 6.74. The van der Waals surface area contributed by atoms with Crippen molar-refractivity contribution in [3.05, 3.63) is 16.0 Å². The second-order valence-electron chi connectivity index (χ2n) is 5.64. The molecule has 1 aromatic heterocycles. The first kappa shape index (κ1) is 16.8. The molecular formula is C15H22N2O4S. The Bertz CT molecular complexity index is 580. The summed E-state index contributed by atoms with van der Waals surface area (Å²) < 4.78 is 10.9. The maximum atomic E-state index is 12.3.